The van der Waals surface area contributed by atoms with Crippen LogP contribution in [0, 0.1) is 6.92 Å². The Labute approximate surface area is 115 Å². The first-order valence-corrected chi connectivity index (χ1v) is 7.00. The van der Waals surface area contributed by atoms with Gasteiger partial charge in [-0.2, -0.15) is 0 Å². The first-order valence-electron chi connectivity index (χ1n) is 6.18. The van der Waals surface area contributed by atoms with E-state index < -0.39 is 12.1 Å². The van der Waals surface area contributed by atoms with Gasteiger partial charge in [0.1, 0.15) is 11.0 Å². The Bertz CT molecular complexity index is 480. The van der Waals surface area contributed by atoms with Crippen molar-refractivity contribution in [3.05, 3.63) is 10.6 Å². The molecule has 0 unspecified atom stereocenters. The van der Waals surface area contributed by atoms with E-state index in [-0.39, 0.29) is 5.91 Å². The van der Waals surface area contributed by atoms with Crippen molar-refractivity contribution in [2.45, 2.75) is 32.8 Å². The van der Waals surface area contributed by atoms with E-state index in [1.807, 2.05) is 0 Å². The number of thiazole rings is 1. The molecular formula is C12H16N2O4S. The molecule has 0 radical (unpaired) electrons. The minimum absolute atomic E-state index is 0.207. The lowest BCUT2D eigenvalue weighted by Gasteiger charge is -2.07. The number of rotatable bonds is 4. The molecule has 1 aliphatic heterocycles. The molecule has 0 aliphatic carbocycles. The molecule has 1 aromatic heterocycles. The van der Waals surface area contributed by atoms with Crippen LogP contribution in [-0.4, -0.2) is 36.2 Å². The van der Waals surface area contributed by atoms with Crippen molar-refractivity contribution < 1.29 is 19.1 Å². The van der Waals surface area contributed by atoms with Gasteiger partial charge in [-0.25, -0.2) is 9.78 Å². The van der Waals surface area contributed by atoms with Gasteiger partial charge in [0.25, 0.3) is 5.91 Å². The molecule has 1 aliphatic rings. The fourth-order valence-electron chi connectivity index (χ4n) is 1.81. The third kappa shape index (κ3) is 3.30. The second-order valence-corrected chi connectivity index (χ2v) is 5.14. The Balaban J connectivity index is 2.03. The van der Waals surface area contributed by atoms with Gasteiger partial charge in [0.15, 0.2) is 5.13 Å². The molecule has 1 fully saturated rings. The van der Waals surface area contributed by atoms with Crippen molar-refractivity contribution in [1.82, 2.24) is 4.98 Å². The van der Waals surface area contributed by atoms with Crippen LogP contribution < -0.4 is 5.32 Å². The van der Waals surface area contributed by atoms with Crippen molar-refractivity contribution in [3.8, 4) is 0 Å². The van der Waals surface area contributed by atoms with Crippen LogP contribution in [-0.2, 0) is 14.3 Å². The average molecular weight is 284 g/mol. The van der Waals surface area contributed by atoms with Crippen LogP contribution in [0.3, 0.4) is 0 Å². The number of aryl methyl sites for hydroxylation is 1. The third-order valence-corrected chi connectivity index (χ3v) is 3.76. The van der Waals surface area contributed by atoms with Gasteiger partial charge in [0.05, 0.1) is 12.3 Å². The molecule has 0 bridgehead atoms. The number of carbonyl (C=O) groups excluding carboxylic acids is 2. The highest BCUT2D eigenvalue weighted by Crippen LogP contribution is 2.24. The fraction of sp³-hybridized carbons (Fsp3) is 0.583. The summed E-state index contributed by atoms with van der Waals surface area (Å²) >= 11 is 1.12. The minimum atomic E-state index is -0.407. The largest absolute Gasteiger partial charge is 0.462 e. The van der Waals surface area contributed by atoms with Gasteiger partial charge >= 0.3 is 5.97 Å². The number of esters is 1. The summed E-state index contributed by atoms with van der Waals surface area (Å²) in [6.45, 7) is 4.38. The van der Waals surface area contributed by atoms with Crippen LogP contribution in [0.25, 0.3) is 0 Å². The number of amides is 1. The van der Waals surface area contributed by atoms with Crippen LogP contribution in [0.2, 0.25) is 0 Å². The number of aromatic nitrogens is 1. The third-order valence-electron chi connectivity index (χ3n) is 2.71. The molecule has 0 aromatic carbocycles. The van der Waals surface area contributed by atoms with Crippen LogP contribution in [0.15, 0.2) is 0 Å². The maximum absolute atomic E-state index is 11.8. The zero-order chi connectivity index (χ0) is 13.8. The molecule has 0 saturated carbocycles. The molecule has 0 spiro atoms. The topological polar surface area (TPSA) is 77.5 Å². The first kappa shape index (κ1) is 14.0. The fourth-order valence-corrected chi connectivity index (χ4v) is 2.67. The standard InChI is InChI=1S/C12H16N2O4S/c1-3-17-11(16)9-7(2)13-12(19-9)14-10(15)8-5-4-6-18-8/h8H,3-6H2,1-2H3,(H,13,14,15)/t8-/m0/s1. The Hall–Kier alpha value is -1.47. The second-order valence-electron chi connectivity index (χ2n) is 4.14. The van der Waals surface area contributed by atoms with Gasteiger partial charge in [0.2, 0.25) is 0 Å². The second kappa shape index (κ2) is 6.12. The summed E-state index contributed by atoms with van der Waals surface area (Å²) in [4.78, 5) is 28.1. The quantitative estimate of drug-likeness (QED) is 0.852. The van der Waals surface area contributed by atoms with Crippen LogP contribution in [0.4, 0.5) is 5.13 Å². The predicted molar refractivity (Wildman–Crippen MR) is 70.4 cm³/mol. The van der Waals surface area contributed by atoms with Gasteiger partial charge in [-0.3, -0.25) is 10.1 Å². The number of hydrogen-bond donors (Lipinski definition) is 1. The molecule has 104 valence electrons. The molecule has 2 rings (SSSR count). The minimum Gasteiger partial charge on any atom is -0.462 e. The number of hydrogen-bond acceptors (Lipinski definition) is 6. The number of carbonyl (C=O) groups is 2. The van der Waals surface area contributed by atoms with Crippen molar-refractivity contribution >= 4 is 28.3 Å². The SMILES string of the molecule is CCOC(=O)c1sc(NC(=O)[C@@H]2CCCO2)nc1C. The number of nitrogens with zero attached hydrogens (tertiary/aromatic N) is 1. The van der Waals surface area contributed by atoms with E-state index in [1.165, 1.54) is 0 Å². The van der Waals surface area contributed by atoms with Crippen molar-refractivity contribution in [2.24, 2.45) is 0 Å². The van der Waals surface area contributed by atoms with Gasteiger partial charge < -0.3 is 9.47 Å². The highest BCUT2D eigenvalue weighted by molar-refractivity contribution is 7.17. The highest BCUT2D eigenvalue weighted by atomic mass is 32.1. The lowest BCUT2D eigenvalue weighted by atomic mass is 10.2. The Morgan fingerprint density at radius 1 is 1.58 bits per heavy atom. The molecule has 1 saturated heterocycles. The molecule has 1 amide bonds. The summed E-state index contributed by atoms with van der Waals surface area (Å²) < 4.78 is 10.2. The van der Waals surface area contributed by atoms with E-state index in [0.29, 0.717) is 28.9 Å². The van der Waals surface area contributed by atoms with Gasteiger partial charge in [-0.05, 0) is 26.7 Å². The smallest absolute Gasteiger partial charge is 0.350 e. The molecule has 1 aromatic rings. The van der Waals surface area contributed by atoms with Gasteiger partial charge in [-0.1, -0.05) is 11.3 Å². The molecule has 7 heteroatoms. The maximum atomic E-state index is 11.8. The van der Waals surface area contributed by atoms with Gasteiger partial charge in [-0.15, -0.1) is 0 Å². The molecule has 2 heterocycles. The highest BCUT2D eigenvalue weighted by Gasteiger charge is 2.25. The summed E-state index contributed by atoms with van der Waals surface area (Å²) in [5.74, 6) is -0.614. The van der Waals surface area contributed by atoms with Crippen molar-refractivity contribution in [2.75, 3.05) is 18.5 Å². The van der Waals surface area contributed by atoms with E-state index in [1.54, 1.807) is 13.8 Å². The van der Waals surface area contributed by atoms with Crippen LogP contribution in [0.5, 0.6) is 0 Å². The van der Waals surface area contributed by atoms with E-state index in [4.69, 9.17) is 9.47 Å². The molecule has 1 N–H and O–H groups in total. The van der Waals surface area contributed by atoms with Crippen molar-refractivity contribution in [3.63, 3.8) is 0 Å². The van der Waals surface area contributed by atoms with E-state index in [0.717, 1.165) is 24.2 Å². The van der Waals surface area contributed by atoms with Crippen LogP contribution in [0.1, 0.15) is 35.1 Å². The number of anilines is 1. The normalized spacial score (nSPS) is 18.3. The van der Waals surface area contributed by atoms with E-state index >= 15 is 0 Å². The Morgan fingerprint density at radius 2 is 2.37 bits per heavy atom. The lowest BCUT2D eigenvalue weighted by molar-refractivity contribution is -0.124. The first-order chi connectivity index (χ1) is 9.11. The number of ether oxygens (including phenoxy) is 2. The maximum Gasteiger partial charge on any atom is 0.350 e. The monoisotopic (exact) mass is 284 g/mol. The van der Waals surface area contributed by atoms with Crippen LogP contribution >= 0.6 is 11.3 Å². The lowest BCUT2D eigenvalue weighted by Crippen LogP contribution is -2.26. The molecule has 19 heavy (non-hydrogen) atoms. The van der Waals surface area contributed by atoms with E-state index in [2.05, 4.69) is 10.3 Å². The van der Waals surface area contributed by atoms with E-state index in [9.17, 15) is 9.59 Å². The summed E-state index contributed by atoms with van der Waals surface area (Å²) in [5.41, 5.74) is 0.561. The zero-order valence-electron chi connectivity index (χ0n) is 10.9. The molecular weight excluding hydrogens is 268 g/mol. The summed E-state index contributed by atoms with van der Waals surface area (Å²) in [7, 11) is 0. The molecule has 6 nitrogen and oxygen atoms in total. The van der Waals surface area contributed by atoms with Crippen molar-refractivity contribution in [1.29, 1.82) is 0 Å². The van der Waals surface area contributed by atoms with Gasteiger partial charge in [0, 0.05) is 6.61 Å². The zero-order valence-corrected chi connectivity index (χ0v) is 11.7. The molecule has 1 atom stereocenters. The Morgan fingerprint density at radius 3 is 3.00 bits per heavy atom. The predicted octanol–water partition coefficient (Wildman–Crippen LogP) is 1.75. The summed E-state index contributed by atoms with van der Waals surface area (Å²) in [6.07, 6.45) is 1.21. The summed E-state index contributed by atoms with van der Waals surface area (Å²) in [6, 6.07) is 0. The number of nitrogens with one attached hydrogen (secondary N) is 1. The summed E-state index contributed by atoms with van der Waals surface area (Å²) in [5, 5.41) is 3.08. The Kier molecular flexibility index (Phi) is 4.49. The average Bonchev–Trinajstić information content (AvgIpc) is 2.99.